The number of aliphatic hydroxyl groups is 1. The summed E-state index contributed by atoms with van der Waals surface area (Å²) in [5.41, 5.74) is -1.16. The fourth-order valence-electron chi connectivity index (χ4n) is 3.73. The Kier molecular flexibility index (Phi) is 4.06. The maximum atomic E-state index is 14.9. The number of hydrogen-bond donors (Lipinski definition) is 2. The number of anilines is 1. The van der Waals surface area contributed by atoms with E-state index in [1.807, 2.05) is 0 Å². The number of alkyl halides is 1. The summed E-state index contributed by atoms with van der Waals surface area (Å²) in [6, 6.07) is 0.335. The molecule has 2 unspecified atom stereocenters. The number of carboxylic acids is 1. The number of methoxy groups -OCH3 is 1. The highest BCUT2D eigenvalue weighted by Gasteiger charge is 2.41. The summed E-state index contributed by atoms with van der Waals surface area (Å²) in [6.45, 7) is 0.595. The highest BCUT2D eigenvalue weighted by Crippen LogP contribution is 2.45. The van der Waals surface area contributed by atoms with Crippen molar-refractivity contribution >= 4 is 22.6 Å². The van der Waals surface area contributed by atoms with Gasteiger partial charge in [-0.2, -0.15) is 0 Å². The van der Waals surface area contributed by atoms with E-state index >= 15 is 0 Å². The zero-order valence-corrected chi connectivity index (χ0v) is 14.5. The molecule has 2 aromatic rings. The molecule has 2 N–H and O–H groups in total. The molecule has 2 heterocycles. The number of β-amino-alcohol motifs (C(OH)–C–C–N with tert-alkyl or cyclic N) is 1. The third-order valence-electron chi connectivity index (χ3n) is 5.15. The van der Waals surface area contributed by atoms with Crippen LogP contribution in [0.1, 0.15) is 29.2 Å². The summed E-state index contributed by atoms with van der Waals surface area (Å²) in [6.07, 6.45) is -0.0555. The van der Waals surface area contributed by atoms with E-state index in [0.717, 1.165) is 12.3 Å². The van der Waals surface area contributed by atoms with Crippen LogP contribution in [0.2, 0.25) is 0 Å². The number of hydrogen-bond acceptors (Lipinski definition) is 5. The van der Waals surface area contributed by atoms with E-state index in [4.69, 9.17) is 4.74 Å². The van der Waals surface area contributed by atoms with Gasteiger partial charge < -0.3 is 24.4 Å². The van der Waals surface area contributed by atoms with Crippen LogP contribution in [0.3, 0.4) is 0 Å². The van der Waals surface area contributed by atoms with Crippen LogP contribution in [0.5, 0.6) is 5.75 Å². The average molecular weight is 380 g/mol. The number of aromatic carboxylic acids is 1. The van der Waals surface area contributed by atoms with Crippen LogP contribution in [0, 0.1) is 5.82 Å². The highest BCUT2D eigenvalue weighted by atomic mass is 19.1. The maximum Gasteiger partial charge on any atom is 0.341 e. The molecule has 0 bridgehead atoms. The SMILES string of the molecule is COc1c(N2CCC(O)C2)c(F)cc2c(=O)c(C(=O)O)cn(C3C[C@@H]3F)c12. The van der Waals surface area contributed by atoms with E-state index < -0.39 is 41.1 Å². The molecule has 7 nitrogen and oxygen atoms in total. The monoisotopic (exact) mass is 380 g/mol. The fraction of sp³-hybridized carbons (Fsp3) is 0.444. The topological polar surface area (TPSA) is 92.0 Å². The minimum atomic E-state index is -1.46. The fourth-order valence-corrected chi connectivity index (χ4v) is 3.73. The molecule has 1 saturated heterocycles. The lowest BCUT2D eigenvalue weighted by molar-refractivity contribution is 0.0694. The number of benzene rings is 1. The first-order valence-electron chi connectivity index (χ1n) is 8.59. The van der Waals surface area contributed by atoms with E-state index in [2.05, 4.69) is 0 Å². The normalized spacial score (nSPS) is 24.4. The van der Waals surface area contributed by atoms with E-state index in [1.54, 1.807) is 4.90 Å². The Morgan fingerprint density at radius 2 is 2.11 bits per heavy atom. The number of aromatic nitrogens is 1. The van der Waals surface area contributed by atoms with Crippen LogP contribution in [-0.2, 0) is 0 Å². The number of fused-ring (bicyclic) bond motifs is 1. The number of rotatable bonds is 4. The molecule has 1 aliphatic carbocycles. The zero-order valence-electron chi connectivity index (χ0n) is 14.5. The summed E-state index contributed by atoms with van der Waals surface area (Å²) in [5, 5.41) is 18.9. The molecular weight excluding hydrogens is 362 g/mol. The molecule has 1 saturated carbocycles. The Morgan fingerprint density at radius 1 is 1.41 bits per heavy atom. The number of halogens is 2. The number of nitrogens with zero attached hydrogens (tertiary/aromatic N) is 2. The lowest BCUT2D eigenvalue weighted by atomic mass is 10.1. The number of carboxylic acid groups (broad SMARTS) is 1. The summed E-state index contributed by atoms with van der Waals surface area (Å²) in [4.78, 5) is 25.6. The van der Waals surface area contributed by atoms with Gasteiger partial charge in [-0.1, -0.05) is 0 Å². The molecule has 4 rings (SSSR count). The lowest BCUT2D eigenvalue weighted by Gasteiger charge is -2.24. The first kappa shape index (κ1) is 17.7. The van der Waals surface area contributed by atoms with E-state index in [0.29, 0.717) is 13.0 Å². The lowest BCUT2D eigenvalue weighted by Crippen LogP contribution is -2.25. The Balaban J connectivity index is 2.06. The van der Waals surface area contributed by atoms with Gasteiger partial charge in [0.2, 0.25) is 5.43 Å². The van der Waals surface area contributed by atoms with Crippen LogP contribution in [0.4, 0.5) is 14.5 Å². The van der Waals surface area contributed by atoms with Gasteiger partial charge in [-0.15, -0.1) is 0 Å². The Morgan fingerprint density at radius 3 is 2.63 bits per heavy atom. The van der Waals surface area contributed by atoms with Crippen molar-refractivity contribution in [2.24, 2.45) is 0 Å². The molecule has 1 aliphatic heterocycles. The minimum Gasteiger partial charge on any atom is -0.492 e. The van der Waals surface area contributed by atoms with Gasteiger partial charge in [-0.05, 0) is 12.5 Å². The van der Waals surface area contributed by atoms with Crippen molar-refractivity contribution in [1.29, 1.82) is 0 Å². The van der Waals surface area contributed by atoms with Gasteiger partial charge in [0.25, 0.3) is 0 Å². The molecule has 9 heteroatoms. The Labute approximate surface area is 152 Å². The molecular formula is C18H18F2N2O5. The molecule has 27 heavy (non-hydrogen) atoms. The summed E-state index contributed by atoms with van der Waals surface area (Å²) in [5.74, 6) is -2.18. The van der Waals surface area contributed by atoms with Crippen molar-refractivity contribution in [3.05, 3.63) is 33.9 Å². The minimum absolute atomic E-state index is 0.0345. The van der Waals surface area contributed by atoms with E-state index in [1.165, 1.54) is 11.7 Å². The number of carbonyl (C=O) groups is 1. The van der Waals surface area contributed by atoms with E-state index in [9.17, 15) is 28.6 Å². The second-order valence-electron chi connectivity index (χ2n) is 6.93. The van der Waals surface area contributed by atoms with Crippen LogP contribution in [-0.4, -0.2) is 53.2 Å². The number of pyridine rings is 1. The van der Waals surface area contributed by atoms with Gasteiger partial charge in [-0.3, -0.25) is 4.79 Å². The van der Waals surface area contributed by atoms with Crippen LogP contribution < -0.4 is 15.1 Å². The van der Waals surface area contributed by atoms with Gasteiger partial charge in [0, 0.05) is 25.7 Å². The van der Waals surface area contributed by atoms with Crippen molar-refractivity contribution in [2.75, 3.05) is 25.1 Å². The van der Waals surface area contributed by atoms with E-state index in [-0.39, 0.29) is 35.3 Å². The van der Waals surface area contributed by atoms with Gasteiger partial charge in [0.1, 0.15) is 17.4 Å². The molecule has 0 spiro atoms. The molecule has 2 aliphatic rings. The Hall–Kier alpha value is -2.68. The maximum absolute atomic E-state index is 14.9. The van der Waals surface area contributed by atoms with Gasteiger partial charge in [0.05, 0.1) is 30.2 Å². The number of ether oxygens (including phenoxy) is 1. The smallest absolute Gasteiger partial charge is 0.341 e. The quantitative estimate of drug-likeness (QED) is 0.839. The first-order chi connectivity index (χ1) is 12.8. The van der Waals surface area contributed by atoms with Crippen LogP contribution in [0.25, 0.3) is 10.9 Å². The standard InChI is InChI=1S/C18H18F2N2O5/c1-27-17-14-9(4-12(20)15(17)21-3-2-8(23)6-21)16(24)10(18(25)26)7-22(14)13-5-11(13)19/h4,7-8,11,13,23H,2-3,5-6H2,1H3,(H,25,26)/t8?,11-,13?/m0/s1. The second-order valence-corrected chi connectivity index (χ2v) is 6.93. The van der Waals surface area contributed by atoms with Crippen LogP contribution >= 0.6 is 0 Å². The van der Waals surface area contributed by atoms with Crippen molar-refractivity contribution < 1.29 is 28.5 Å². The molecule has 0 amide bonds. The predicted octanol–water partition coefficient (Wildman–Crippen LogP) is 1.70. The number of aliphatic hydroxyl groups excluding tert-OH is 1. The summed E-state index contributed by atoms with van der Waals surface area (Å²) in [7, 11) is 1.31. The van der Waals surface area contributed by atoms with Crippen molar-refractivity contribution in [2.45, 2.75) is 31.2 Å². The molecule has 1 aromatic heterocycles. The van der Waals surface area contributed by atoms with Crippen LogP contribution in [0.15, 0.2) is 17.1 Å². The molecule has 2 fully saturated rings. The van der Waals surface area contributed by atoms with Crippen molar-refractivity contribution in [3.8, 4) is 5.75 Å². The highest BCUT2D eigenvalue weighted by molar-refractivity contribution is 5.97. The molecule has 0 radical (unpaired) electrons. The van der Waals surface area contributed by atoms with Crippen molar-refractivity contribution in [1.82, 2.24) is 4.57 Å². The second kappa shape index (κ2) is 6.19. The zero-order chi connectivity index (χ0) is 19.5. The van der Waals surface area contributed by atoms with Gasteiger partial charge >= 0.3 is 5.97 Å². The predicted molar refractivity (Wildman–Crippen MR) is 93.1 cm³/mol. The Bertz CT molecular complexity index is 1010. The molecule has 1 aromatic carbocycles. The third-order valence-corrected chi connectivity index (χ3v) is 5.15. The van der Waals surface area contributed by atoms with Crippen molar-refractivity contribution in [3.63, 3.8) is 0 Å². The van der Waals surface area contributed by atoms with Gasteiger partial charge in [0.15, 0.2) is 11.6 Å². The largest absolute Gasteiger partial charge is 0.492 e. The molecule has 144 valence electrons. The summed E-state index contributed by atoms with van der Waals surface area (Å²) < 4.78 is 35.5. The summed E-state index contributed by atoms with van der Waals surface area (Å²) >= 11 is 0. The molecule has 3 atom stereocenters. The first-order valence-corrected chi connectivity index (χ1v) is 8.59. The van der Waals surface area contributed by atoms with Gasteiger partial charge in [-0.25, -0.2) is 13.6 Å². The average Bonchev–Trinajstić information content (AvgIpc) is 3.18. The third kappa shape index (κ3) is 2.73.